The number of hydrogen-bond donors (Lipinski definition) is 1. The summed E-state index contributed by atoms with van der Waals surface area (Å²) in [5.74, 6) is 1.83. The van der Waals surface area contributed by atoms with Gasteiger partial charge in [-0.2, -0.15) is 4.98 Å². The molecule has 2 fully saturated rings. The van der Waals surface area contributed by atoms with Gasteiger partial charge in [0.2, 0.25) is 5.95 Å². The molecule has 0 radical (unpaired) electrons. The molecule has 3 rings (SSSR count). The Morgan fingerprint density at radius 1 is 1.21 bits per heavy atom. The maximum absolute atomic E-state index is 4.60. The van der Waals surface area contributed by atoms with Crippen molar-refractivity contribution in [2.24, 2.45) is 5.41 Å². The summed E-state index contributed by atoms with van der Waals surface area (Å²) in [6.07, 6.45) is 10.3. The second-order valence-electron chi connectivity index (χ2n) is 5.96. The number of piperidine rings is 1. The molecule has 19 heavy (non-hydrogen) atoms. The molecule has 0 bridgehead atoms. The summed E-state index contributed by atoms with van der Waals surface area (Å²) >= 11 is 0. The van der Waals surface area contributed by atoms with Crippen LogP contribution in [0.15, 0.2) is 12.3 Å². The van der Waals surface area contributed by atoms with Gasteiger partial charge in [-0.3, -0.25) is 0 Å². The average molecular weight is 260 g/mol. The zero-order chi connectivity index (χ0) is 13.1. The van der Waals surface area contributed by atoms with E-state index < -0.39 is 0 Å². The van der Waals surface area contributed by atoms with Crippen LogP contribution in [-0.4, -0.2) is 29.6 Å². The summed E-state index contributed by atoms with van der Waals surface area (Å²) in [5.41, 5.74) is 0.675. The Kier molecular flexibility index (Phi) is 3.58. The van der Waals surface area contributed by atoms with Crippen molar-refractivity contribution >= 4 is 11.8 Å². The quantitative estimate of drug-likeness (QED) is 0.907. The molecule has 1 spiro atoms. The van der Waals surface area contributed by atoms with Crippen LogP contribution in [0.25, 0.3) is 0 Å². The van der Waals surface area contributed by atoms with Gasteiger partial charge in [0.25, 0.3) is 0 Å². The zero-order valence-corrected chi connectivity index (χ0v) is 11.9. The molecule has 0 amide bonds. The molecule has 4 heteroatoms. The third-order valence-electron chi connectivity index (χ3n) is 4.79. The van der Waals surface area contributed by atoms with E-state index in [9.17, 15) is 0 Å². The molecule has 1 aliphatic carbocycles. The molecular weight excluding hydrogens is 236 g/mol. The smallest absolute Gasteiger partial charge is 0.224 e. The van der Waals surface area contributed by atoms with E-state index in [-0.39, 0.29) is 0 Å². The fourth-order valence-corrected chi connectivity index (χ4v) is 3.60. The Morgan fingerprint density at radius 2 is 1.95 bits per heavy atom. The van der Waals surface area contributed by atoms with Crippen molar-refractivity contribution in [1.82, 2.24) is 9.97 Å². The van der Waals surface area contributed by atoms with Crippen LogP contribution < -0.4 is 10.2 Å². The van der Waals surface area contributed by atoms with Crippen molar-refractivity contribution in [2.45, 2.75) is 45.4 Å². The van der Waals surface area contributed by atoms with E-state index in [0.717, 1.165) is 31.4 Å². The molecule has 0 atom stereocenters. The zero-order valence-electron chi connectivity index (χ0n) is 11.9. The highest BCUT2D eigenvalue weighted by molar-refractivity contribution is 5.43. The van der Waals surface area contributed by atoms with Crippen LogP contribution in [0.2, 0.25) is 0 Å². The van der Waals surface area contributed by atoms with Crippen molar-refractivity contribution < 1.29 is 0 Å². The van der Waals surface area contributed by atoms with Crippen molar-refractivity contribution in [3.63, 3.8) is 0 Å². The minimum atomic E-state index is 0.675. The van der Waals surface area contributed by atoms with Gasteiger partial charge in [-0.15, -0.1) is 0 Å². The minimum Gasteiger partial charge on any atom is -0.356 e. The molecule has 2 heterocycles. The maximum Gasteiger partial charge on any atom is 0.224 e. The van der Waals surface area contributed by atoms with Gasteiger partial charge in [0.1, 0.15) is 5.82 Å². The molecule has 1 aromatic heterocycles. The van der Waals surface area contributed by atoms with E-state index in [2.05, 4.69) is 27.1 Å². The lowest BCUT2D eigenvalue weighted by Crippen LogP contribution is -2.39. The predicted octanol–water partition coefficient (Wildman–Crippen LogP) is 3.07. The lowest BCUT2D eigenvalue weighted by atomic mass is 9.77. The Morgan fingerprint density at radius 3 is 2.63 bits per heavy atom. The van der Waals surface area contributed by atoms with Gasteiger partial charge in [-0.1, -0.05) is 12.8 Å². The third kappa shape index (κ3) is 2.67. The van der Waals surface area contributed by atoms with Crippen LogP contribution in [0.3, 0.4) is 0 Å². The van der Waals surface area contributed by atoms with Gasteiger partial charge in [0.15, 0.2) is 0 Å². The van der Waals surface area contributed by atoms with Crippen molar-refractivity contribution in [3.05, 3.63) is 12.3 Å². The second kappa shape index (κ2) is 5.35. The van der Waals surface area contributed by atoms with E-state index in [1.165, 1.54) is 38.5 Å². The molecule has 0 aromatic carbocycles. The first-order valence-corrected chi connectivity index (χ1v) is 7.63. The van der Waals surface area contributed by atoms with Gasteiger partial charge in [-0.05, 0) is 44.1 Å². The molecule has 104 valence electrons. The molecule has 1 saturated carbocycles. The first kappa shape index (κ1) is 12.7. The van der Waals surface area contributed by atoms with Crippen molar-refractivity contribution in [2.75, 3.05) is 29.9 Å². The molecule has 4 nitrogen and oxygen atoms in total. The fourth-order valence-electron chi connectivity index (χ4n) is 3.60. The van der Waals surface area contributed by atoms with Crippen molar-refractivity contribution in [3.8, 4) is 0 Å². The monoisotopic (exact) mass is 260 g/mol. The molecule has 0 unspecified atom stereocenters. The summed E-state index contributed by atoms with van der Waals surface area (Å²) in [6, 6.07) is 2.04. The number of anilines is 2. The summed E-state index contributed by atoms with van der Waals surface area (Å²) < 4.78 is 0. The first-order valence-electron chi connectivity index (χ1n) is 7.63. The normalized spacial score (nSPS) is 21.8. The number of nitrogens with zero attached hydrogens (tertiary/aromatic N) is 3. The van der Waals surface area contributed by atoms with E-state index in [0.29, 0.717) is 5.41 Å². The number of nitrogens with one attached hydrogen (secondary N) is 1. The Bertz CT molecular complexity index is 416. The summed E-state index contributed by atoms with van der Waals surface area (Å²) in [6.45, 7) is 5.25. The largest absolute Gasteiger partial charge is 0.356 e. The lowest BCUT2D eigenvalue weighted by molar-refractivity contribution is 0.226. The van der Waals surface area contributed by atoms with Crippen LogP contribution in [0.5, 0.6) is 0 Å². The molecule has 1 aromatic rings. The van der Waals surface area contributed by atoms with Crippen LogP contribution in [0.4, 0.5) is 11.8 Å². The highest BCUT2D eigenvalue weighted by atomic mass is 15.2. The highest BCUT2D eigenvalue weighted by Gasteiger charge is 2.37. The van der Waals surface area contributed by atoms with E-state index in [1.54, 1.807) is 0 Å². The molecule has 1 aliphatic heterocycles. The molecule has 2 aliphatic rings. The lowest BCUT2D eigenvalue weighted by Gasteiger charge is -2.39. The van der Waals surface area contributed by atoms with E-state index in [1.807, 2.05) is 12.3 Å². The molecule has 1 N–H and O–H groups in total. The number of rotatable bonds is 3. The van der Waals surface area contributed by atoms with Crippen LogP contribution in [0, 0.1) is 5.41 Å². The van der Waals surface area contributed by atoms with Crippen LogP contribution in [-0.2, 0) is 0 Å². The molecular formula is C15H24N4. The van der Waals surface area contributed by atoms with Crippen LogP contribution in [0.1, 0.15) is 45.4 Å². The Labute approximate surface area is 115 Å². The van der Waals surface area contributed by atoms with Gasteiger partial charge in [0.05, 0.1) is 0 Å². The van der Waals surface area contributed by atoms with Gasteiger partial charge in [-0.25, -0.2) is 4.98 Å². The summed E-state index contributed by atoms with van der Waals surface area (Å²) in [4.78, 5) is 11.3. The van der Waals surface area contributed by atoms with Gasteiger partial charge < -0.3 is 10.2 Å². The Hall–Kier alpha value is -1.32. The van der Waals surface area contributed by atoms with Crippen LogP contribution >= 0.6 is 0 Å². The van der Waals surface area contributed by atoms with E-state index in [4.69, 9.17) is 0 Å². The minimum absolute atomic E-state index is 0.675. The van der Waals surface area contributed by atoms with E-state index >= 15 is 0 Å². The fraction of sp³-hybridized carbons (Fsp3) is 0.733. The molecule has 1 saturated heterocycles. The summed E-state index contributed by atoms with van der Waals surface area (Å²) in [7, 11) is 0. The first-order chi connectivity index (χ1) is 9.31. The maximum atomic E-state index is 4.60. The van der Waals surface area contributed by atoms with Gasteiger partial charge in [0, 0.05) is 25.8 Å². The average Bonchev–Trinajstić information content (AvgIpc) is 2.89. The summed E-state index contributed by atoms with van der Waals surface area (Å²) in [5, 5.41) is 3.19. The number of hydrogen-bond acceptors (Lipinski definition) is 4. The Balaban J connectivity index is 1.66. The standard InChI is InChI=1S/C15H24N4/c1-2-16-14-17-10-5-13(18-14)19-11-8-15(9-12-19)6-3-4-7-15/h5,10H,2-4,6-9,11-12H2,1H3,(H,16,17,18). The van der Waals surface area contributed by atoms with Crippen molar-refractivity contribution in [1.29, 1.82) is 0 Å². The SMILES string of the molecule is CCNc1nccc(N2CCC3(CCCC3)CC2)n1. The number of aromatic nitrogens is 2. The van der Waals surface area contributed by atoms with Gasteiger partial charge >= 0.3 is 0 Å². The highest BCUT2D eigenvalue weighted by Crippen LogP contribution is 2.46. The predicted molar refractivity (Wildman–Crippen MR) is 78.5 cm³/mol. The second-order valence-corrected chi connectivity index (χ2v) is 5.96. The third-order valence-corrected chi connectivity index (χ3v) is 4.79. The topological polar surface area (TPSA) is 41.1 Å².